The number of hydrogen-bond donors (Lipinski definition) is 0. The number of rotatable bonds is 6. The van der Waals surface area contributed by atoms with Crippen LogP contribution in [-0.4, -0.2) is 52.4 Å². The van der Waals surface area contributed by atoms with E-state index in [1.165, 1.54) is 23.9 Å². The highest BCUT2D eigenvalue weighted by Gasteiger charge is 2.34. The molecule has 1 aromatic heterocycles. The van der Waals surface area contributed by atoms with Crippen LogP contribution in [0.15, 0.2) is 34.0 Å². The number of amides is 1. The minimum absolute atomic E-state index is 0.0828. The van der Waals surface area contributed by atoms with Crippen LogP contribution in [-0.2, 0) is 11.3 Å². The number of halogens is 1. The lowest BCUT2D eigenvalue weighted by molar-refractivity contribution is -0.122. The van der Waals surface area contributed by atoms with Gasteiger partial charge in [0.25, 0.3) is 11.5 Å². The largest absolute Gasteiger partial charge is 0.368 e. The van der Waals surface area contributed by atoms with Gasteiger partial charge in [-0.3, -0.25) is 19.1 Å². The number of aromatic nitrogens is 1. The van der Waals surface area contributed by atoms with E-state index in [0.717, 1.165) is 5.69 Å². The second-order valence-electron chi connectivity index (χ2n) is 9.54. The van der Waals surface area contributed by atoms with Crippen LogP contribution < -0.4 is 15.4 Å². The molecule has 2 fully saturated rings. The Kier molecular flexibility index (Phi) is 8.05. The first-order valence-electron chi connectivity index (χ1n) is 12.3. The minimum Gasteiger partial charge on any atom is -0.368 e. The Morgan fingerprint density at radius 2 is 1.76 bits per heavy atom. The van der Waals surface area contributed by atoms with Crippen molar-refractivity contribution in [3.8, 4) is 6.07 Å². The van der Waals surface area contributed by atoms with Crippen molar-refractivity contribution >= 4 is 51.8 Å². The highest BCUT2D eigenvalue weighted by molar-refractivity contribution is 8.26. The zero-order chi connectivity index (χ0) is 26.9. The van der Waals surface area contributed by atoms with E-state index < -0.39 is 0 Å². The molecule has 1 amide bonds. The van der Waals surface area contributed by atoms with Gasteiger partial charge >= 0.3 is 0 Å². The molecule has 4 rings (SSSR count). The van der Waals surface area contributed by atoms with Crippen molar-refractivity contribution in [2.24, 2.45) is 5.92 Å². The van der Waals surface area contributed by atoms with Crippen molar-refractivity contribution in [1.82, 2.24) is 9.47 Å². The van der Waals surface area contributed by atoms with Crippen LogP contribution in [0.2, 0.25) is 0 Å². The predicted molar refractivity (Wildman–Crippen MR) is 151 cm³/mol. The van der Waals surface area contributed by atoms with E-state index in [9.17, 15) is 19.2 Å². The summed E-state index contributed by atoms with van der Waals surface area (Å²) in [6.45, 7) is 11.2. The van der Waals surface area contributed by atoms with Gasteiger partial charge in [-0.25, -0.2) is 4.39 Å². The second-order valence-corrected chi connectivity index (χ2v) is 11.2. The molecule has 2 saturated heterocycles. The summed E-state index contributed by atoms with van der Waals surface area (Å²) < 4.78 is 15.5. The summed E-state index contributed by atoms with van der Waals surface area (Å²) in [5.41, 5.74) is 1.95. The van der Waals surface area contributed by atoms with Crippen LogP contribution in [0.4, 0.5) is 15.9 Å². The number of thiocarbonyl (C=S) groups is 1. The molecule has 0 N–H and O–H groups in total. The molecule has 3 heterocycles. The second kappa shape index (κ2) is 11.1. The molecule has 0 atom stereocenters. The van der Waals surface area contributed by atoms with E-state index in [0.29, 0.717) is 65.4 Å². The summed E-state index contributed by atoms with van der Waals surface area (Å²) in [7, 11) is 0. The Labute approximate surface area is 226 Å². The van der Waals surface area contributed by atoms with Gasteiger partial charge in [0, 0.05) is 50.5 Å². The van der Waals surface area contributed by atoms with Gasteiger partial charge in [-0.2, -0.15) is 5.26 Å². The summed E-state index contributed by atoms with van der Waals surface area (Å²) in [5, 5.41) is 9.79. The molecule has 1 aromatic carbocycles. The topological polar surface area (TPSA) is 72.6 Å². The third kappa shape index (κ3) is 5.29. The van der Waals surface area contributed by atoms with Gasteiger partial charge in [0.05, 0.1) is 4.91 Å². The van der Waals surface area contributed by atoms with Crippen molar-refractivity contribution in [3.05, 3.63) is 62.0 Å². The summed E-state index contributed by atoms with van der Waals surface area (Å²) in [6, 6.07) is 8.51. The number of thioether (sulfide) groups is 1. The van der Waals surface area contributed by atoms with E-state index in [2.05, 4.69) is 15.9 Å². The summed E-state index contributed by atoms with van der Waals surface area (Å²) in [6.07, 6.45) is 1.79. The van der Waals surface area contributed by atoms with Crippen LogP contribution in [0.1, 0.15) is 37.5 Å². The Morgan fingerprint density at radius 3 is 2.32 bits per heavy atom. The fourth-order valence-corrected chi connectivity index (χ4v) is 6.02. The zero-order valence-corrected chi connectivity index (χ0v) is 23.1. The van der Waals surface area contributed by atoms with Crippen LogP contribution in [0, 0.1) is 30.0 Å². The molecule has 0 spiro atoms. The van der Waals surface area contributed by atoms with E-state index in [1.807, 2.05) is 20.8 Å². The first-order valence-corrected chi connectivity index (χ1v) is 13.6. The number of carbonyl (C=O) groups excluding carboxylic acids is 1. The maximum absolute atomic E-state index is 13.4. The molecule has 2 aliphatic heterocycles. The van der Waals surface area contributed by atoms with E-state index >= 15 is 0 Å². The molecule has 2 aromatic rings. The maximum Gasteiger partial charge on any atom is 0.270 e. The van der Waals surface area contributed by atoms with Gasteiger partial charge in [0.1, 0.15) is 27.6 Å². The third-order valence-electron chi connectivity index (χ3n) is 6.63. The molecule has 0 radical (unpaired) electrons. The Hall–Kier alpha value is -3.16. The van der Waals surface area contributed by atoms with Crippen molar-refractivity contribution in [1.29, 1.82) is 5.26 Å². The van der Waals surface area contributed by atoms with Gasteiger partial charge < -0.3 is 9.80 Å². The van der Waals surface area contributed by atoms with Crippen molar-refractivity contribution in [2.45, 2.75) is 34.2 Å². The lowest BCUT2D eigenvalue weighted by Crippen LogP contribution is -2.48. The van der Waals surface area contributed by atoms with Gasteiger partial charge in [0.15, 0.2) is 0 Å². The molecule has 0 saturated carbocycles. The van der Waals surface area contributed by atoms with Crippen molar-refractivity contribution in [3.63, 3.8) is 0 Å². The molecule has 0 aliphatic carbocycles. The molecule has 194 valence electrons. The predicted octanol–water partition coefficient (Wildman–Crippen LogP) is 4.37. The number of nitrogens with zero attached hydrogens (tertiary/aromatic N) is 5. The molecule has 7 nitrogen and oxygen atoms in total. The van der Waals surface area contributed by atoms with Gasteiger partial charge in [0.2, 0.25) is 0 Å². The standard InChI is InChI=1S/C27H30FN5O2S2/c1-5-32-24(31-12-10-30(11-13-31)20-8-6-19(28)7-9-20)21(18(4)22(15-29)25(32)34)14-23-26(35)33(16-17(2)3)27(36)37-23/h6-9,14,17H,5,10-13,16H2,1-4H3/b23-14-. The third-order valence-corrected chi connectivity index (χ3v) is 8.01. The van der Waals surface area contributed by atoms with Gasteiger partial charge in [-0.15, -0.1) is 0 Å². The Balaban J connectivity index is 1.75. The summed E-state index contributed by atoms with van der Waals surface area (Å²) in [4.78, 5) is 32.9. The maximum atomic E-state index is 13.4. The van der Waals surface area contributed by atoms with Crippen LogP contribution >= 0.6 is 24.0 Å². The number of benzene rings is 1. The number of piperazine rings is 1. The monoisotopic (exact) mass is 539 g/mol. The fourth-order valence-electron chi connectivity index (χ4n) is 4.76. The average molecular weight is 540 g/mol. The van der Waals surface area contributed by atoms with Gasteiger partial charge in [-0.05, 0) is 55.7 Å². The van der Waals surface area contributed by atoms with E-state index in [1.54, 1.807) is 34.6 Å². The fraction of sp³-hybridized carbons (Fsp3) is 0.407. The molecule has 2 aliphatic rings. The van der Waals surface area contributed by atoms with Crippen molar-refractivity contribution < 1.29 is 9.18 Å². The zero-order valence-electron chi connectivity index (χ0n) is 21.5. The normalized spacial score (nSPS) is 17.3. The Morgan fingerprint density at radius 1 is 1.14 bits per heavy atom. The average Bonchev–Trinajstić information content (AvgIpc) is 3.13. The number of hydrogen-bond acceptors (Lipinski definition) is 7. The van der Waals surface area contributed by atoms with E-state index in [4.69, 9.17) is 12.2 Å². The first kappa shape index (κ1) is 26.9. The number of anilines is 2. The molecular formula is C27H30FN5O2S2. The van der Waals surface area contributed by atoms with Crippen molar-refractivity contribution in [2.75, 3.05) is 42.5 Å². The lowest BCUT2D eigenvalue weighted by Gasteiger charge is -2.39. The smallest absolute Gasteiger partial charge is 0.270 e. The molecule has 0 bridgehead atoms. The minimum atomic E-state index is -0.331. The molecule has 10 heteroatoms. The van der Waals surface area contributed by atoms with Gasteiger partial charge in [-0.1, -0.05) is 37.8 Å². The highest BCUT2D eigenvalue weighted by Crippen LogP contribution is 2.36. The van der Waals surface area contributed by atoms with E-state index in [-0.39, 0.29) is 28.8 Å². The summed E-state index contributed by atoms with van der Waals surface area (Å²) in [5.74, 6) is 0.550. The first-order chi connectivity index (χ1) is 17.7. The van der Waals surface area contributed by atoms with Crippen LogP contribution in [0.5, 0.6) is 0 Å². The highest BCUT2D eigenvalue weighted by atomic mass is 32.2. The number of nitriles is 1. The van der Waals surface area contributed by atoms with Crippen LogP contribution in [0.25, 0.3) is 6.08 Å². The molecule has 37 heavy (non-hydrogen) atoms. The lowest BCUT2D eigenvalue weighted by atomic mass is 10.0. The van der Waals surface area contributed by atoms with Crippen LogP contribution in [0.3, 0.4) is 0 Å². The number of pyridine rings is 1. The summed E-state index contributed by atoms with van der Waals surface area (Å²) >= 11 is 6.74. The molecule has 0 unspecified atom stereocenters. The molecular weight excluding hydrogens is 509 g/mol. The number of carbonyl (C=O) groups is 1. The Bertz CT molecular complexity index is 1350. The quantitative estimate of drug-likeness (QED) is 0.399. The SMILES string of the molecule is CCn1c(N2CCN(c3ccc(F)cc3)CC2)c(/C=C2\SC(=S)N(CC(C)C)C2=O)c(C)c(C#N)c1=O.